The number of rotatable bonds is 5. The number of alkyl halides is 3. The number of benzene rings is 1. The summed E-state index contributed by atoms with van der Waals surface area (Å²) in [6.45, 7) is 0. The summed E-state index contributed by atoms with van der Waals surface area (Å²) in [5, 5.41) is 24.9. The van der Waals surface area contributed by atoms with Crippen LogP contribution in [-0.4, -0.2) is 16.1 Å². The Bertz CT molecular complexity index is 819. The number of hydrogen-bond acceptors (Lipinski definition) is 7. The first kappa shape index (κ1) is 17.3. The molecule has 8 nitrogen and oxygen atoms in total. The van der Waals surface area contributed by atoms with E-state index in [2.05, 4.69) is 10.5 Å². The highest BCUT2D eigenvalue weighted by atomic mass is 32.1. The maximum absolute atomic E-state index is 12.6. The molecule has 0 bridgehead atoms. The summed E-state index contributed by atoms with van der Waals surface area (Å²) in [7, 11) is 0. The van der Waals surface area contributed by atoms with Crippen LogP contribution in [0.1, 0.15) is 10.4 Å². The molecule has 12 heteroatoms. The van der Waals surface area contributed by atoms with Crippen molar-refractivity contribution in [3.63, 3.8) is 0 Å². The van der Waals surface area contributed by atoms with Gasteiger partial charge in [0.25, 0.3) is 5.69 Å². The fourth-order valence-electron chi connectivity index (χ4n) is 1.63. The van der Waals surface area contributed by atoms with Crippen LogP contribution in [0.4, 0.5) is 29.5 Å². The molecule has 1 N–H and O–H groups in total. The quantitative estimate of drug-likeness (QED) is 0.492. The second-order valence-electron chi connectivity index (χ2n) is 4.29. The highest BCUT2D eigenvalue weighted by molar-refractivity contribution is 7.16. The Morgan fingerprint density at radius 1 is 1.12 bits per heavy atom. The summed E-state index contributed by atoms with van der Waals surface area (Å²) in [6, 6.07) is 4.63. The molecule has 0 saturated heterocycles. The number of hydrazone groups is 1. The molecule has 0 aliphatic heterocycles. The Hall–Kier alpha value is -3.02. The molecule has 0 unspecified atom stereocenters. The van der Waals surface area contributed by atoms with Gasteiger partial charge in [0, 0.05) is 12.1 Å². The highest BCUT2D eigenvalue weighted by Gasteiger charge is 2.33. The number of nitrogens with zero attached hydrogens (tertiary/aromatic N) is 3. The molecule has 2 rings (SSSR count). The first-order valence-electron chi connectivity index (χ1n) is 6.07. The third kappa shape index (κ3) is 4.04. The molecular weight excluding hydrogens is 353 g/mol. The Labute approximate surface area is 135 Å². The number of nitrogens with one attached hydrogen (secondary N) is 1. The summed E-state index contributed by atoms with van der Waals surface area (Å²) in [5.41, 5.74) is 0.0696. The van der Waals surface area contributed by atoms with E-state index in [4.69, 9.17) is 0 Å². The van der Waals surface area contributed by atoms with Gasteiger partial charge in [-0.05, 0) is 18.2 Å². The van der Waals surface area contributed by atoms with Crippen LogP contribution in [0.15, 0.2) is 35.4 Å². The van der Waals surface area contributed by atoms with Crippen molar-refractivity contribution in [2.24, 2.45) is 5.10 Å². The van der Waals surface area contributed by atoms with Crippen molar-refractivity contribution >= 4 is 33.9 Å². The lowest BCUT2D eigenvalue weighted by Gasteiger charge is -2.08. The van der Waals surface area contributed by atoms with Crippen molar-refractivity contribution in [1.29, 1.82) is 0 Å². The first-order chi connectivity index (χ1) is 11.2. The number of halogens is 3. The van der Waals surface area contributed by atoms with Crippen molar-refractivity contribution in [3.8, 4) is 0 Å². The van der Waals surface area contributed by atoms with Crippen LogP contribution in [0.2, 0.25) is 0 Å². The second kappa shape index (κ2) is 6.62. The normalized spacial score (nSPS) is 11.6. The van der Waals surface area contributed by atoms with Crippen LogP contribution < -0.4 is 5.43 Å². The van der Waals surface area contributed by atoms with Gasteiger partial charge >= 0.3 is 11.2 Å². The van der Waals surface area contributed by atoms with E-state index in [9.17, 15) is 33.4 Å². The number of anilines is 1. The molecule has 0 amide bonds. The number of nitro groups is 2. The Balaban J connectivity index is 2.21. The molecule has 0 aliphatic carbocycles. The van der Waals surface area contributed by atoms with Crippen molar-refractivity contribution in [1.82, 2.24) is 0 Å². The van der Waals surface area contributed by atoms with Gasteiger partial charge in [-0.25, -0.2) is 0 Å². The third-order valence-electron chi connectivity index (χ3n) is 2.69. The molecule has 0 fully saturated rings. The topological polar surface area (TPSA) is 111 Å². The third-order valence-corrected chi connectivity index (χ3v) is 3.66. The van der Waals surface area contributed by atoms with E-state index in [1.165, 1.54) is 18.3 Å². The first-order valence-corrected chi connectivity index (χ1v) is 6.89. The van der Waals surface area contributed by atoms with E-state index in [1.807, 2.05) is 0 Å². The van der Waals surface area contributed by atoms with Crippen molar-refractivity contribution < 1.29 is 23.0 Å². The van der Waals surface area contributed by atoms with Gasteiger partial charge in [0.05, 0.1) is 26.5 Å². The van der Waals surface area contributed by atoms with Gasteiger partial charge in [-0.1, -0.05) is 11.3 Å². The largest absolute Gasteiger partial charge is 0.416 e. The lowest BCUT2D eigenvalue weighted by atomic mass is 10.1. The molecule has 0 atom stereocenters. The molecule has 1 aromatic heterocycles. The smallest absolute Gasteiger partial charge is 0.272 e. The van der Waals surface area contributed by atoms with Gasteiger partial charge in [0.15, 0.2) is 0 Å². The van der Waals surface area contributed by atoms with Gasteiger partial charge in [-0.3, -0.25) is 25.7 Å². The molecule has 1 heterocycles. The maximum Gasteiger partial charge on any atom is 0.416 e. The summed E-state index contributed by atoms with van der Waals surface area (Å²) >= 11 is 0.821. The van der Waals surface area contributed by atoms with Gasteiger partial charge in [0.2, 0.25) is 0 Å². The van der Waals surface area contributed by atoms with Crippen LogP contribution in [0.5, 0.6) is 0 Å². The van der Waals surface area contributed by atoms with Crippen molar-refractivity contribution in [3.05, 3.63) is 61.0 Å². The number of hydrogen-bond donors (Lipinski definition) is 1. The summed E-state index contributed by atoms with van der Waals surface area (Å²) in [5.74, 6) is 0. The summed E-state index contributed by atoms with van der Waals surface area (Å²) in [4.78, 5) is 20.3. The maximum atomic E-state index is 12.6. The summed E-state index contributed by atoms with van der Waals surface area (Å²) < 4.78 is 37.7. The standard InChI is InChI=1S/C12H7F3N4O4S/c13-12(14,15)7-1-3-9(10(5-7)18(20)21)17-16-6-8-2-4-11(24-8)19(22)23/h1-6,17H/b16-6-. The van der Waals surface area contributed by atoms with E-state index >= 15 is 0 Å². The van der Waals surface area contributed by atoms with Crippen LogP contribution in [0.25, 0.3) is 0 Å². The summed E-state index contributed by atoms with van der Waals surface area (Å²) in [6.07, 6.45) is -3.54. The minimum absolute atomic E-state index is 0.114. The fraction of sp³-hybridized carbons (Fsp3) is 0.0833. The Kier molecular flexibility index (Phi) is 4.78. The molecule has 126 valence electrons. The molecule has 1 aromatic carbocycles. The fourth-order valence-corrected chi connectivity index (χ4v) is 2.32. The van der Waals surface area contributed by atoms with Gasteiger partial charge in [0.1, 0.15) is 5.69 Å². The number of thiophene rings is 1. The SMILES string of the molecule is O=[N+]([O-])c1ccc(/C=N\Nc2ccc(C(F)(F)F)cc2[N+](=O)[O-])s1. The second-order valence-corrected chi connectivity index (χ2v) is 5.38. The molecule has 0 radical (unpaired) electrons. The van der Waals surface area contributed by atoms with E-state index in [-0.39, 0.29) is 10.7 Å². The zero-order valence-electron chi connectivity index (χ0n) is 11.5. The monoisotopic (exact) mass is 360 g/mol. The molecule has 0 spiro atoms. The van der Waals surface area contributed by atoms with Crippen LogP contribution in [0, 0.1) is 20.2 Å². The number of nitro benzene ring substituents is 1. The van der Waals surface area contributed by atoms with Crippen molar-refractivity contribution in [2.75, 3.05) is 5.43 Å². The van der Waals surface area contributed by atoms with E-state index in [1.54, 1.807) is 0 Å². The Morgan fingerprint density at radius 2 is 1.83 bits per heavy atom. The molecule has 2 aromatic rings. The zero-order chi connectivity index (χ0) is 17.9. The average molecular weight is 360 g/mol. The van der Waals surface area contributed by atoms with Gasteiger partial charge in [-0.15, -0.1) is 0 Å². The zero-order valence-corrected chi connectivity index (χ0v) is 12.3. The van der Waals surface area contributed by atoms with Crippen LogP contribution >= 0.6 is 11.3 Å². The predicted octanol–water partition coefficient (Wildman–Crippen LogP) is 4.03. The minimum atomic E-state index is -4.71. The van der Waals surface area contributed by atoms with E-state index in [0.29, 0.717) is 17.0 Å². The Morgan fingerprint density at radius 3 is 2.38 bits per heavy atom. The van der Waals surface area contributed by atoms with E-state index in [0.717, 1.165) is 17.4 Å². The van der Waals surface area contributed by atoms with E-state index < -0.39 is 27.3 Å². The molecule has 0 aliphatic rings. The van der Waals surface area contributed by atoms with Crippen LogP contribution in [0.3, 0.4) is 0 Å². The van der Waals surface area contributed by atoms with Gasteiger partial charge in [-0.2, -0.15) is 18.3 Å². The van der Waals surface area contributed by atoms with Crippen molar-refractivity contribution in [2.45, 2.75) is 6.18 Å². The lowest BCUT2D eigenvalue weighted by molar-refractivity contribution is -0.384. The average Bonchev–Trinajstić information content (AvgIpc) is 2.95. The minimum Gasteiger partial charge on any atom is -0.272 e. The molecular formula is C12H7F3N4O4S. The molecule has 0 saturated carbocycles. The van der Waals surface area contributed by atoms with Gasteiger partial charge < -0.3 is 0 Å². The lowest BCUT2D eigenvalue weighted by Crippen LogP contribution is -2.06. The van der Waals surface area contributed by atoms with Crippen LogP contribution in [-0.2, 0) is 6.18 Å². The predicted molar refractivity (Wildman–Crippen MR) is 80.3 cm³/mol. The molecule has 24 heavy (non-hydrogen) atoms. The highest BCUT2D eigenvalue weighted by Crippen LogP contribution is 2.35.